The standard InChI is InChI=1S/C8H17NO3.C6H15NS/c1-3-11-5-8(9-7-10)6-12-4-2;1-5(2,7)6(3,4)8/h7-8H,3-6H2,1-2H3,(H,9,10);8H,7H2,1-4H3. The summed E-state index contributed by atoms with van der Waals surface area (Å²) in [5.41, 5.74) is 5.54. The van der Waals surface area contributed by atoms with Gasteiger partial charge in [-0.05, 0) is 41.5 Å². The summed E-state index contributed by atoms with van der Waals surface area (Å²) in [5.74, 6) is 0. The third-order valence-corrected chi connectivity index (χ3v) is 3.50. The average molecular weight is 308 g/mol. The zero-order valence-electron chi connectivity index (χ0n) is 13.7. The molecule has 0 rings (SSSR count). The number of nitrogens with two attached hydrogens (primary N) is 1. The lowest BCUT2D eigenvalue weighted by Gasteiger charge is -2.33. The van der Waals surface area contributed by atoms with Crippen molar-refractivity contribution >= 4 is 19.0 Å². The maximum absolute atomic E-state index is 10.1. The molecule has 3 N–H and O–H groups in total. The van der Waals surface area contributed by atoms with Crippen LogP contribution in [-0.2, 0) is 14.3 Å². The van der Waals surface area contributed by atoms with Crippen molar-refractivity contribution in [2.45, 2.75) is 57.9 Å². The number of thiol groups is 1. The van der Waals surface area contributed by atoms with Crippen LogP contribution in [0.3, 0.4) is 0 Å². The van der Waals surface area contributed by atoms with Crippen LogP contribution >= 0.6 is 12.6 Å². The number of ether oxygens (including phenoxy) is 2. The SMILES string of the molecule is CC(C)(N)C(C)(C)S.CCOCC(COCC)NC=O. The summed E-state index contributed by atoms with van der Waals surface area (Å²) in [4.78, 5) is 10.1. The molecular weight excluding hydrogens is 276 g/mol. The van der Waals surface area contributed by atoms with Crippen LogP contribution in [0, 0.1) is 0 Å². The summed E-state index contributed by atoms with van der Waals surface area (Å²) in [5, 5.41) is 2.62. The number of carbonyl (C=O) groups excluding carboxylic acids is 1. The van der Waals surface area contributed by atoms with E-state index in [1.807, 2.05) is 41.5 Å². The van der Waals surface area contributed by atoms with Gasteiger partial charge < -0.3 is 20.5 Å². The number of hydrogen-bond donors (Lipinski definition) is 3. The lowest BCUT2D eigenvalue weighted by Crippen LogP contribution is -2.48. The van der Waals surface area contributed by atoms with Gasteiger partial charge in [0.1, 0.15) is 0 Å². The zero-order valence-corrected chi connectivity index (χ0v) is 14.6. The van der Waals surface area contributed by atoms with Gasteiger partial charge in [0.05, 0.1) is 19.3 Å². The second-order valence-electron chi connectivity index (χ2n) is 5.58. The number of carbonyl (C=O) groups is 1. The van der Waals surface area contributed by atoms with E-state index in [1.54, 1.807) is 0 Å². The highest BCUT2D eigenvalue weighted by atomic mass is 32.1. The lowest BCUT2D eigenvalue weighted by atomic mass is 9.91. The molecule has 5 nitrogen and oxygen atoms in total. The van der Waals surface area contributed by atoms with Crippen molar-refractivity contribution in [3.05, 3.63) is 0 Å². The number of rotatable bonds is 9. The predicted molar refractivity (Wildman–Crippen MR) is 87.3 cm³/mol. The van der Waals surface area contributed by atoms with Gasteiger partial charge in [0.25, 0.3) is 0 Å². The molecule has 0 spiro atoms. The van der Waals surface area contributed by atoms with Gasteiger partial charge in [0.15, 0.2) is 0 Å². The largest absolute Gasteiger partial charge is 0.380 e. The van der Waals surface area contributed by atoms with E-state index in [9.17, 15) is 4.79 Å². The van der Waals surface area contributed by atoms with Crippen molar-refractivity contribution in [2.75, 3.05) is 26.4 Å². The van der Waals surface area contributed by atoms with Crippen molar-refractivity contribution in [3.8, 4) is 0 Å². The van der Waals surface area contributed by atoms with Gasteiger partial charge >= 0.3 is 0 Å². The van der Waals surface area contributed by atoms with Crippen LogP contribution in [0.1, 0.15) is 41.5 Å². The Morgan fingerprint density at radius 2 is 1.50 bits per heavy atom. The van der Waals surface area contributed by atoms with Crippen molar-refractivity contribution in [2.24, 2.45) is 5.73 Å². The average Bonchev–Trinajstić information content (AvgIpc) is 2.31. The summed E-state index contributed by atoms with van der Waals surface area (Å²) < 4.78 is 10.2. The van der Waals surface area contributed by atoms with Crippen molar-refractivity contribution < 1.29 is 14.3 Å². The molecule has 0 fully saturated rings. The van der Waals surface area contributed by atoms with E-state index in [-0.39, 0.29) is 16.3 Å². The first kappa shape index (κ1) is 22.0. The molecule has 0 aromatic heterocycles. The Morgan fingerprint density at radius 3 is 1.70 bits per heavy atom. The van der Waals surface area contributed by atoms with Crippen LogP contribution in [0.2, 0.25) is 0 Å². The van der Waals surface area contributed by atoms with E-state index < -0.39 is 0 Å². The first-order valence-corrected chi connectivity index (χ1v) is 7.41. The number of amides is 1. The molecule has 0 heterocycles. The van der Waals surface area contributed by atoms with Gasteiger partial charge in [-0.2, -0.15) is 12.6 Å². The Hall–Kier alpha value is -0.300. The van der Waals surface area contributed by atoms with Gasteiger partial charge in [0.2, 0.25) is 6.41 Å². The molecule has 122 valence electrons. The first-order chi connectivity index (χ1) is 9.10. The fraction of sp³-hybridized carbons (Fsp3) is 0.929. The second kappa shape index (κ2) is 11.4. The monoisotopic (exact) mass is 308 g/mol. The quantitative estimate of drug-likeness (QED) is 0.447. The minimum atomic E-state index is -0.198. The van der Waals surface area contributed by atoms with Gasteiger partial charge in [-0.15, -0.1) is 0 Å². The van der Waals surface area contributed by atoms with E-state index in [0.717, 1.165) is 0 Å². The molecule has 0 aromatic carbocycles. The third kappa shape index (κ3) is 12.7. The molecule has 0 atom stereocenters. The van der Waals surface area contributed by atoms with Crippen LogP contribution in [0.25, 0.3) is 0 Å². The molecule has 0 aliphatic rings. The molecule has 0 saturated heterocycles. The van der Waals surface area contributed by atoms with Gasteiger partial charge in [-0.3, -0.25) is 4.79 Å². The van der Waals surface area contributed by atoms with Crippen LogP contribution in [-0.4, -0.2) is 49.2 Å². The van der Waals surface area contributed by atoms with Crippen molar-refractivity contribution in [1.29, 1.82) is 0 Å². The van der Waals surface area contributed by atoms with Crippen LogP contribution in [0.15, 0.2) is 0 Å². The molecule has 0 aliphatic heterocycles. The molecule has 0 aliphatic carbocycles. The molecule has 0 radical (unpaired) electrons. The van der Waals surface area contributed by atoms with Crippen LogP contribution in [0.5, 0.6) is 0 Å². The van der Waals surface area contributed by atoms with Crippen LogP contribution < -0.4 is 11.1 Å². The molecule has 1 amide bonds. The highest BCUT2D eigenvalue weighted by Gasteiger charge is 2.28. The van der Waals surface area contributed by atoms with E-state index >= 15 is 0 Å². The Labute approximate surface area is 129 Å². The molecule has 0 bridgehead atoms. The Morgan fingerprint density at radius 1 is 1.15 bits per heavy atom. The summed E-state index contributed by atoms with van der Waals surface area (Å²) in [6, 6.07) is -0.0256. The molecular formula is C14H32N2O3S. The first-order valence-electron chi connectivity index (χ1n) is 6.96. The summed E-state index contributed by atoms with van der Waals surface area (Å²) in [6.07, 6.45) is 0.669. The van der Waals surface area contributed by atoms with Gasteiger partial charge in [0, 0.05) is 23.5 Å². The van der Waals surface area contributed by atoms with Crippen LogP contribution in [0.4, 0.5) is 0 Å². The minimum absolute atomic E-state index is 0.0256. The Balaban J connectivity index is 0. The van der Waals surface area contributed by atoms with Crippen molar-refractivity contribution in [3.63, 3.8) is 0 Å². The smallest absolute Gasteiger partial charge is 0.207 e. The maximum atomic E-state index is 10.1. The van der Waals surface area contributed by atoms with E-state index in [2.05, 4.69) is 17.9 Å². The highest BCUT2D eigenvalue weighted by Crippen LogP contribution is 2.24. The molecule has 0 aromatic rings. The van der Waals surface area contributed by atoms with Gasteiger partial charge in [-0.25, -0.2) is 0 Å². The highest BCUT2D eigenvalue weighted by molar-refractivity contribution is 7.81. The Kier molecular flexibility index (Phi) is 12.5. The van der Waals surface area contributed by atoms with Crippen molar-refractivity contribution in [1.82, 2.24) is 5.32 Å². The van der Waals surface area contributed by atoms with E-state index in [4.69, 9.17) is 15.2 Å². The zero-order chi connectivity index (χ0) is 16.2. The molecule has 0 saturated carbocycles. The predicted octanol–water partition coefficient (Wildman–Crippen LogP) is 1.61. The van der Waals surface area contributed by atoms with Gasteiger partial charge in [-0.1, -0.05) is 0 Å². The fourth-order valence-electron chi connectivity index (χ4n) is 0.761. The lowest BCUT2D eigenvalue weighted by molar-refractivity contribution is -0.111. The number of hydrogen-bond acceptors (Lipinski definition) is 5. The third-order valence-electron chi connectivity index (χ3n) is 2.93. The summed E-state index contributed by atoms with van der Waals surface area (Å²) >= 11 is 4.31. The minimum Gasteiger partial charge on any atom is -0.380 e. The topological polar surface area (TPSA) is 73.6 Å². The normalized spacial score (nSPS) is 11.8. The summed E-state index contributed by atoms with van der Waals surface area (Å²) in [7, 11) is 0. The fourth-order valence-corrected chi connectivity index (χ4v) is 0.761. The molecule has 20 heavy (non-hydrogen) atoms. The Bertz CT molecular complexity index is 218. The maximum Gasteiger partial charge on any atom is 0.207 e. The summed E-state index contributed by atoms with van der Waals surface area (Å²) in [6.45, 7) is 14.1. The molecule has 0 unspecified atom stereocenters. The second-order valence-corrected chi connectivity index (χ2v) is 6.70. The van der Waals surface area contributed by atoms with E-state index in [0.29, 0.717) is 32.8 Å². The number of nitrogens with one attached hydrogen (secondary N) is 1. The molecule has 6 heteroatoms. The van der Waals surface area contributed by atoms with E-state index in [1.165, 1.54) is 0 Å².